The van der Waals surface area contributed by atoms with Crippen molar-refractivity contribution in [3.63, 3.8) is 0 Å². The fraction of sp³-hybridized carbons (Fsp3) is 0.500. The Morgan fingerprint density at radius 1 is 1.32 bits per heavy atom. The van der Waals surface area contributed by atoms with Crippen molar-refractivity contribution in [1.29, 1.82) is 0 Å². The highest BCUT2D eigenvalue weighted by Crippen LogP contribution is 2.32. The van der Waals surface area contributed by atoms with E-state index >= 15 is 0 Å². The van der Waals surface area contributed by atoms with Crippen LogP contribution in [0, 0.1) is 5.92 Å². The Kier molecular flexibility index (Phi) is 5.66. The predicted molar refractivity (Wildman–Crippen MR) is 98.9 cm³/mol. The number of esters is 1. The number of pyridine rings is 1. The van der Waals surface area contributed by atoms with Gasteiger partial charge in [-0.3, -0.25) is 4.79 Å². The molecule has 7 heteroatoms. The molecule has 1 atom stereocenters. The van der Waals surface area contributed by atoms with E-state index in [1.54, 1.807) is 17.8 Å². The molecule has 136 valence electrons. The minimum absolute atomic E-state index is 0.260. The molecule has 0 saturated heterocycles. The molecule has 2 aromatic heterocycles. The average molecular weight is 346 g/mol. The molecule has 2 N–H and O–H groups in total. The quantitative estimate of drug-likeness (QED) is 0.785. The van der Waals surface area contributed by atoms with Gasteiger partial charge < -0.3 is 19.9 Å². The highest BCUT2D eigenvalue weighted by molar-refractivity contribution is 6.10. The van der Waals surface area contributed by atoms with Gasteiger partial charge in [0.25, 0.3) is 0 Å². The summed E-state index contributed by atoms with van der Waals surface area (Å²) in [6.07, 6.45) is 2.76. The summed E-state index contributed by atoms with van der Waals surface area (Å²) in [5, 5.41) is 6.85. The van der Waals surface area contributed by atoms with Crippen molar-refractivity contribution in [3.05, 3.63) is 18.0 Å². The number of aryl methyl sites for hydroxylation is 1. The number of hydrogen-bond acceptors (Lipinski definition) is 5. The largest absolute Gasteiger partial charge is 0.464 e. The first kappa shape index (κ1) is 18.8. The van der Waals surface area contributed by atoms with E-state index in [0.717, 1.165) is 12.1 Å². The Morgan fingerprint density at radius 2 is 2.00 bits per heavy atom. The molecule has 0 aliphatic carbocycles. The maximum atomic E-state index is 12.2. The van der Waals surface area contributed by atoms with E-state index in [9.17, 15) is 9.59 Å². The molecule has 0 radical (unpaired) electrons. The maximum Gasteiger partial charge on any atom is 0.356 e. The zero-order valence-corrected chi connectivity index (χ0v) is 15.6. The van der Waals surface area contributed by atoms with Crippen molar-refractivity contribution >= 4 is 34.3 Å². The van der Waals surface area contributed by atoms with Gasteiger partial charge in [-0.2, -0.15) is 0 Å². The SMILES string of the molecule is COC(=O)c1c(NC(C)=O)c2cc(N[C@H](C)CC(C)C)cnc2n1C. The van der Waals surface area contributed by atoms with Gasteiger partial charge in [0.1, 0.15) is 5.65 Å². The summed E-state index contributed by atoms with van der Waals surface area (Å²) in [6.45, 7) is 7.87. The second-order valence-electron chi connectivity index (χ2n) is 6.73. The Hall–Kier alpha value is -2.57. The molecule has 0 aliphatic heterocycles. The number of amides is 1. The van der Waals surface area contributed by atoms with Gasteiger partial charge in [0.15, 0.2) is 5.69 Å². The molecule has 0 aromatic carbocycles. The van der Waals surface area contributed by atoms with Crippen molar-refractivity contribution in [1.82, 2.24) is 9.55 Å². The molecule has 0 spiro atoms. The van der Waals surface area contributed by atoms with E-state index in [-0.39, 0.29) is 17.6 Å². The van der Waals surface area contributed by atoms with E-state index in [0.29, 0.717) is 22.6 Å². The summed E-state index contributed by atoms with van der Waals surface area (Å²) in [5.41, 5.74) is 2.14. The molecule has 0 unspecified atom stereocenters. The highest BCUT2D eigenvalue weighted by atomic mass is 16.5. The summed E-state index contributed by atoms with van der Waals surface area (Å²) in [7, 11) is 3.03. The summed E-state index contributed by atoms with van der Waals surface area (Å²) in [6, 6.07) is 2.18. The third-order valence-electron chi connectivity index (χ3n) is 3.94. The molecule has 2 heterocycles. The predicted octanol–water partition coefficient (Wildman–Crippen LogP) is 3.16. The lowest BCUT2D eigenvalue weighted by Crippen LogP contribution is -2.17. The number of methoxy groups -OCH3 is 1. The van der Waals surface area contributed by atoms with E-state index in [4.69, 9.17) is 4.74 Å². The minimum Gasteiger partial charge on any atom is -0.464 e. The fourth-order valence-corrected chi connectivity index (χ4v) is 3.08. The van der Waals surface area contributed by atoms with E-state index in [1.807, 2.05) is 6.07 Å². The lowest BCUT2D eigenvalue weighted by atomic mass is 10.1. The molecule has 1 amide bonds. The van der Waals surface area contributed by atoms with Crippen molar-refractivity contribution in [3.8, 4) is 0 Å². The summed E-state index contributed by atoms with van der Waals surface area (Å²) >= 11 is 0. The van der Waals surface area contributed by atoms with Crippen LogP contribution in [0.4, 0.5) is 11.4 Å². The van der Waals surface area contributed by atoms with Gasteiger partial charge in [0, 0.05) is 25.4 Å². The molecule has 7 nitrogen and oxygen atoms in total. The van der Waals surface area contributed by atoms with Gasteiger partial charge >= 0.3 is 5.97 Å². The number of carbonyl (C=O) groups is 2. The third-order valence-corrected chi connectivity index (χ3v) is 3.94. The second-order valence-corrected chi connectivity index (χ2v) is 6.73. The summed E-state index contributed by atoms with van der Waals surface area (Å²) in [5.74, 6) is -0.201. The molecule has 25 heavy (non-hydrogen) atoms. The standard InChI is InChI=1S/C18H26N4O3/c1-10(2)7-11(3)20-13-8-14-15(21-12(4)23)16(18(24)25-6)22(5)17(14)19-9-13/h8-11,20H,7H2,1-6H3,(H,21,23)/t11-/m1/s1. The Bertz CT molecular complexity index is 795. The molecule has 0 aliphatic rings. The first-order chi connectivity index (χ1) is 11.7. The topological polar surface area (TPSA) is 85.2 Å². The van der Waals surface area contributed by atoms with Crippen LogP contribution in [0.25, 0.3) is 11.0 Å². The number of nitrogens with zero attached hydrogens (tertiary/aromatic N) is 2. The third kappa shape index (κ3) is 4.10. The van der Waals surface area contributed by atoms with Crippen LogP contribution in [0.2, 0.25) is 0 Å². The number of rotatable bonds is 6. The number of hydrogen-bond donors (Lipinski definition) is 2. The van der Waals surface area contributed by atoms with Crippen molar-refractivity contribution in [2.75, 3.05) is 17.7 Å². The lowest BCUT2D eigenvalue weighted by molar-refractivity contribution is -0.114. The maximum absolute atomic E-state index is 12.2. The first-order valence-electron chi connectivity index (χ1n) is 8.35. The second kappa shape index (κ2) is 7.55. The number of aromatic nitrogens is 2. The van der Waals surface area contributed by atoms with Gasteiger partial charge in [-0.05, 0) is 25.3 Å². The van der Waals surface area contributed by atoms with Gasteiger partial charge in [0.2, 0.25) is 5.91 Å². The van der Waals surface area contributed by atoms with Gasteiger partial charge in [-0.25, -0.2) is 9.78 Å². The van der Waals surface area contributed by atoms with E-state index in [2.05, 4.69) is 36.4 Å². The van der Waals surface area contributed by atoms with Crippen LogP contribution in [-0.4, -0.2) is 34.6 Å². The normalized spacial score (nSPS) is 12.3. The zero-order valence-electron chi connectivity index (χ0n) is 15.6. The first-order valence-corrected chi connectivity index (χ1v) is 8.35. The van der Waals surface area contributed by atoms with E-state index in [1.165, 1.54) is 14.0 Å². The number of anilines is 2. The van der Waals surface area contributed by atoms with Crippen LogP contribution < -0.4 is 10.6 Å². The number of ether oxygens (including phenoxy) is 1. The monoisotopic (exact) mass is 346 g/mol. The molecule has 2 rings (SSSR count). The lowest BCUT2D eigenvalue weighted by Gasteiger charge is -2.17. The molecule has 0 saturated carbocycles. The summed E-state index contributed by atoms with van der Waals surface area (Å²) < 4.78 is 6.49. The van der Waals surface area contributed by atoms with Gasteiger partial charge in [-0.15, -0.1) is 0 Å². The van der Waals surface area contributed by atoms with Gasteiger partial charge in [0.05, 0.1) is 24.7 Å². The van der Waals surface area contributed by atoms with Crippen LogP contribution in [-0.2, 0) is 16.6 Å². The van der Waals surface area contributed by atoms with Gasteiger partial charge in [-0.1, -0.05) is 13.8 Å². The van der Waals surface area contributed by atoms with Crippen LogP contribution in [0.5, 0.6) is 0 Å². The fourth-order valence-electron chi connectivity index (χ4n) is 3.08. The highest BCUT2D eigenvalue weighted by Gasteiger charge is 2.23. The Balaban J connectivity index is 2.52. The number of carbonyl (C=O) groups excluding carboxylic acids is 2. The van der Waals surface area contributed by atoms with Crippen molar-refractivity contribution in [2.24, 2.45) is 13.0 Å². The smallest absolute Gasteiger partial charge is 0.356 e. The molecular weight excluding hydrogens is 320 g/mol. The average Bonchev–Trinajstić information content (AvgIpc) is 2.77. The summed E-state index contributed by atoms with van der Waals surface area (Å²) in [4.78, 5) is 28.2. The van der Waals surface area contributed by atoms with Crippen molar-refractivity contribution in [2.45, 2.75) is 40.2 Å². The molecule has 0 bridgehead atoms. The molecule has 2 aromatic rings. The molecule has 0 fully saturated rings. The number of fused-ring (bicyclic) bond motifs is 1. The van der Waals surface area contributed by atoms with Crippen LogP contribution in [0.1, 0.15) is 44.6 Å². The van der Waals surface area contributed by atoms with Crippen LogP contribution in [0.3, 0.4) is 0 Å². The van der Waals surface area contributed by atoms with Crippen LogP contribution in [0.15, 0.2) is 12.3 Å². The number of nitrogens with one attached hydrogen (secondary N) is 2. The minimum atomic E-state index is -0.521. The van der Waals surface area contributed by atoms with Crippen molar-refractivity contribution < 1.29 is 14.3 Å². The Labute approximate surface area is 147 Å². The molecular formula is C18H26N4O3. The van der Waals surface area contributed by atoms with E-state index < -0.39 is 5.97 Å². The Morgan fingerprint density at radius 3 is 2.56 bits per heavy atom. The zero-order chi connectivity index (χ0) is 18.7. The van der Waals surface area contributed by atoms with Crippen LogP contribution >= 0.6 is 0 Å².